The first kappa shape index (κ1) is 25.0. The lowest BCUT2D eigenvalue weighted by molar-refractivity contribution is 0.995. The van der Waals surface area contributed by atoms with E-state index < -0.39 is 0 Å². The minimum atomic E-state index is 0.657. The Balaban J connectivity index is 1.31. The summed E-state index contributed by atoms with van der Waals surface area (Å²) in [5.41, 5.74) is 10.8. The van der Waals surface area contributed by atoms with Crippen molar-refractivity contribution < 1.29 is 0 Å². The van der Waals surface area contributed by atoms with Crippen LogP contribution in [0.15, 0.2) is 164 Å². The lowest BCUT2D eigenvalue weighted by Gasteiger charge is -2.12. The van der Waals surface area contributed by atoms with Crippen molar-refractivity contribution in [3.8, 4) is 50.7 Å². The molecule has 8 aromatic rings. The van der Waals surface area contributed by atoms with Gasteiger partial charge in [-0.05, 0) is 40.5 Å². The molecule has 0 saturated heterocycles. The van der Waals surface area contributed by atoms with Crippen LogP contribution < -0.4 is 0 Å². The fourth-order valence-corrected chi connectivity index (χ4v) is 5.90. The van der Waals surface area contributed by atoms with Crippen molar-refractivity contribution in [2.45, 2.75) is 0 Å². The van der Waals surface area contributed by atoms with Crippen LogP contribution in [0.5, 0.6) is 0 Å². The molecule has 43 heavy (non-hydrogen) atoms. The summed E-state index contributed by atoms with van der Waals surface area (Å²) in [6.07, 6.45) is 0. The average Bonchev–Trinajstić information content (AvgIpc) is 3.43. The van der Waals surface area contributed by atoms with Gasteiger partial charge in [-0.1, -0.05) is 146 Å². The van der Waals surface area contributed by atoms with Gasteiger partial charge in [0.2, 0.25) is 5.95 Å². The third-order valence-corrected chi connectivity index (χ3v) is 8.07. The van der Waals surface area contributed by atoms with E-state index >= 15 is 0 Å². The predicted octanol–water partition coefficient (Wildman–Crippen LogP) is 10.2. The Morgan fingerprint density at radius 1 is 0.326 bits per heavy atom. The van der Waals surface area contributed by atoms with Crippen molar-refractivity contribution in [3.63, 3.8) is 0 Å². The molecule has 3 nitrogen and oxygen atoms in total. The van der Waals surface area contributed by atoms with Crippen molar-refractivity contribution >= 4 is 21.8 Å². The van der Waals surface area contributed by atoms with Crippen molar-refractivity contribution in [2.75, 3.05) is 0 Å². The molecule has 0 spiro atoms. The monoisotopic (exact) mass is 549 g/mol. The van der Waals surface area contributed by atoms with Gasteiger partial charge in [0.15, 0.2) is 0 Å². The predicted molar refractivity (Wildman–Crippen MR) is 178 cm³/mol. The lowest BCUT2D eigenvalue weighted by Crippen LogP contribution is -2.04. The zero-order valence-corrected chi connectivity index (χ0v) is 23.4. The van der Waals surface area contributed by atoms with Gasteiger partial charge < -0.3 is 0 Å². The van der Waals surface area contributed by atoms with Gasteiger partial charge in [-0.25, -0.2) is 9.97 Å². The Bertz CT molecular complexity index is 2040. The van der Waals surface area contributed by atoms with Gasteiger partial charge in [0.1, 0.15) is 0 Å². The maximum atomic E-state index is 5.19. The lowest BCUT2D eigenvalue weighted by atomic mass is 10.0. The molecular weight excluding hydrogens is 522 g/mol. The summed E-state index contributed by atoms with van der Waals surface area (Å²) in [6.45, 7) is 0. The van der Waals surface area contributed by atoms with E-state index in [9.17, 15) is 0 Å². The molecule has 0 aliphatic carbocycles. The second kappa shape index (κ2) is 10.6. The van der Waals surface area contributed by atoms with Crippen LogP contribution in [-0.4, -0.2) is 14.5 Å². The number of rotatable bonds is 5. The van der Waals surface area contributed by atoms with Crippen molar-refractivity contribution in [3.05, 3.63) is 164 Å². The Morgan fingerprint density at radius 3 is 1.12 bits per heavy atom. The van der Waals surface area contributed by atoms with E-state index in [0.717, 1.165) is 33.5 Å². The molecule has 0 fully saturated rings. The summed E-state index contributed by atoms with van der Waals surface area (Å²) in [4.78, 5) is 10.4. The van der Waals surface area contributed by atoms with Crippen molar-refractivity contribution in [1.82, 2.24) is 14.5 Å². The maximum absolute atomic E-state index is 5.19. The van der Waals surface area contributed by atoms with Gasteiger partial charge in [-0.3, -0.25) is 4.57 Å². The largest absolute Gasteiger partial charge is 0.278 e. The molecule has 2 aromatic heterocycles. The molecule has 0 N–H and O–H groups in total. The normalized spacial score (nSPS) is 11.3. The molecule has 202 valence electrons. The smallest absolute Gasteiger partial charge is 0.235 e. The Hall–Kier alpha value is -5.80. The number of fused-ring (bicyclic) bond motifs is 3. The van der Waals surface area contributed by atoms with E-state index in [1.165, 1.54) is 33.0 Å². The zero-order chi connectivity index (χ0) is 28.6. The number of aromatic nitrogens is 3. The molecule has 0 aliphatic rings. The van der Waals surface area contributed by atoms with Crippen LogP contribution in [0.1, 0.15) is 0 Å². The standard InChI is InChI=1S/C40H27N3/c1-3-11-28(12-4-1)30-19-23-32(24-20-30)36-27-37(33-25-21-31(22-26-33)29-13-5-2-6-14-29)42-40(41-36)43-38-17-9-7-15-34(38)35-16-8-10-18-39(35)43/h1-27H. The van der Waals surface area contributed by atoms with Crippen molar-refractivity contribution in [2.24, 2.45) is 0 Å². The van der Waals surface area contributed by atoms with E-state index in [1.54, 1.807) is 0 Å². The Morgan fingerprint density at radius 2 is 0.674 bits per heavy atom. The highest BCUT2D eigenvalue weighted by atomic mass is 15.2. The minimum absolute atomic E-state index is 0.657. The maximum Gasteiger partial charge on any atom is 0.235 e. The Kier molecular flexibility index (Phi) is 6.12. The molecule has 8 rings (SSSR count). The second-order valence-corrected chi connectivity index (χ2v) is 10.7. The van der Waals surface area contributed by atoms with Gasteiger partial charge >= 0.3 is 0 Å². The molecule has 0 radical (unpaired) electrons. The molecular formula is C40H27N3. The van der Waals surface area contributed by atoms with Gasteiger partial charge in [-0.15, -0.1) is 0 Å². The molecule has 0 aliphatic heterocycles. The molecule has 0 atom stereocenters. The highest BCUT2D eigenvalue weighted by molar-refractivity contribution is 6.09. The molecule has 0 unspecified atom stereocenters. The van der Waals surface area contributed by atoms with Crippen LogP contribution in [0, 0.1) is 0 Å². The number of nitrogens with zero attached hydrogens (tertiary/aromatic N) is 3. The van der Waals surface area contributed by atoms with E-state index in [0.29, 0.717) is 5.95 Å². The fourth-order valence-electron chi connectivity index (χ4n) is 5.90. The highest BCUT2D eigenvalue weighted by Crippen LogP contribution is 2.34. The SMILES string of the molecule is c1ccc(-c2ccc(-c3cc(-c4ccc(-c5ccccc5)cc4)nc(-n4c5ccccc5c5ccccc54)n3)cc2)cc1. The second-order valence-electron chi connectivity index (χ2n) is 10.7. The molecule has 6 aromatic carbocycles. The van der Waals surface area contributed by atoms with Gasteiger partial charge in [0, 0.05) is 21.9 Å². The molecule has 0 saturated carbocycles. The van der Waals surface area contributed by atoms with E-state index in [2.05, 4.69) is 156 Å². The van der Waals surface area contributed by atoms with Crippen LogP contribution in [-0.2, 0) is 0 Å². The molecule has 2 heterocycles. The fraction of sp³-hybridized carbons (Fsp3) is 0. The third-order valence-electron chi connectivity index (χ3n) is 8.07. The molecule has 0 amide bonds. The van der Waals surface area contributed by atoms with Crippen LogP contribution in [0.3, 0.4) is 0 Å². The summed E-state index contributed by atoms with van der Waals surface area (Å²) in [5, 5.41) is 2.38. The molecule has 0 bridgehead atoms. The van der Waals surface area contributed by atoms with Crippen LogP contribution >= 0.6 is 0 Å². The zero-order valence-electron chi connectivity index (χ0n) is 23.4. The topological polar surface area (TPSA) is 30.7 Å². The summed E-state index contributed by atoms with van der Waals surface area (Å²) < 4.78 is 2.19. The van der Waals surface area contributed by atoms with E-state index in [-0.39, 0.29) is 0 Å². The van der Waals surface area contributed by atoms with E-state index in [4.69, 9.17) is 9.97 Å². The number of benzene rings is 6. The van der Waals surface area contributed by atoms with Crippen LogP contribution in [0.4, 0.5) is 0 Å². The first-order valence-corrected chi connectivity index (χ1v) is 14.5. The number of para-hydroxylation sites is 2. The van der Waals surface area contributed by atoms with Gasteiger partial charge in [0.05, 0.1) is 22.4 Å². The van der Waals surface area contributed by atoms with Gasteiger partial charge in [0.25, 0.3) is 0 Å². The minimum Gasteiger partial charge on any atom is -0.278 e. The summed E-state index contributed by atoms with van der Waals surface area (Å²) in [5.74, 6) is 0.657. The summed E-state index contributed by atoms with van der Waals surface area (Å²) in [6, 6.07) is 57.3. The quantitative estimate of drug-likeness (QED) is 0.214. The summed E-state index contributed by atoms with van der Waals surface area (Å²) >= 11 is 0. The Labute approximate surface area is 250 Å². The average molecular weight is 550 g/mol. The first-order valence-electron chi connectivity index (χ1n) is 14.5. The third kappa shape index (κ3) is 4.58. The number of hydrogen-bond acceptors (Lipinski definition) is 2. The summed E-state index contributed by atoms with van der Waals surface area (Å²) in [7, 11) is 0. The number of hydrogen-bond donors (Lipinski definition) is 0. The van der Waals surface area contributed by atoms with E-state index in [1.807, 2.05) is 12.1 Å². The molecule has 3 heteroatoms. The van der Waals surface area contributed by atoms with Crippen molar-refractivity contribution in [1.29, 1.82) is 0 Å². The van der Waals surface area contributed by atoms with Crippen LogP contribution in [0.25, 0.3) is 72.5 Å². The van der Waals surface area contributed by atoms with Gasteiger partial charge in [-0.2, -0.15) is 0 Å². The first-order chi connectivity index (χ1) is 21.3. The van der Waals surface area contributed by atoms with Crippen LogP contribution in [0.2, 0.25) is 0 Å². The highest BCUT2D eigenvalue weighted by Gasteiger charge is 2.16.